The van der Waals surface area contributed by atoms with Crippen LogP contribution in [0.4, 0.5) is 10.5 Å². The zero-order valence-corrected chi connectivity index (χ0v) is 13.9. The number of benzene rings is 1. The second-order valence-electron chi connectivity index (χ2n) is 6.13. The highest BCUT2D eigenvalue weighted by Gasteiger charge is 2.24. The smallest absolute Gasteiger partial charge is 0.321 e. The molecule has 23 heavy (non-hydrogen) atoms. The number of rotatable bonds is 6. The van der Waals surface area contributed by atoms with E-state index in [-0.39, 0.29) is 11.9 Å². The topological polar surface area (TPSA) is 61.4 Å². The van der Waals surface area contributed by atoms with Crippen molar-refractivity contribution < 1.29 is 9.59 Å². The average molecular weight is 317 g/mol. The number of para-hydroxylation sites is 1. The monoisotopic (exact) mass is 317 g/mol. The molecule has 0 bridgehead atoms. The van der Waals surface area contributed by atoms with E-state index in [1.54, 1.807) is 0 Å². The number of nitrogens with one attached hydrogen (secondary N) is 2. The molecule has 3 amide bonds. The number of urea groups is 1. The number of amides is 3. The minimum absolute atomic E-state index is 0.0537. The molecule has 0 aliphatic carbocycles. The van der Waals surface area contributed by atoms with Crippen LogP contribution in [0.3, 0.4) is 0 Å². The Morgan fingerprint density at radius 2 is 1.87 bits per heavy atom. The maximum atomic E-state index is 12.2. The number of hydrogen-bond acceptors (Lipinski definition) is 2. The van der Waals surface area contributed by atoms with Gasteiger partial charge < -0.3 is 15.5 Å². The molecule has 1 aromatic carbocycles. The summed E-state index contributed by atoms with van der Waals surface area (Å²) in [6.45, 7) is 4.31. The molecule has 1 aromatic rings. The second-order valence-corrected chi connectivity index (χ2v) is 6.13. The van der Waals surface area contributed by atoms with E-state index in [0.29, 0.717) is 25.4 Å². The van der Waals surface area contributed by atoms with Gasteiger partial charge in [-0.1, -0.05) is 31.5 Å². The van der Waals surface area contributed by atoms with Crippen LogP contribution in [0.15, 0.2) is 30.3 Å². The standard InChI is InChI=1S/C18H27N3O2/c1-2-3-11-19-17(22)14-15-9-12-21(13-10-15)18(23)20-16-7-5-4-6-8-16/h4-8,15H,2-3,9-14H2,1H3,(H,19,22)(H,20,23). The molecule has 0 radical (unpaired) electrons. The molecule has 5 heteroatoms. The first-order valence-corrected chi connectivity index (χ1v) is 8.56. The van der Waals surface area contributed by atoms with Gasteiger partial charge in [0.05, 0.1) is 0 Å². The molecule has 1 aliphatic heterocycles. The van der Waals surface area contributed by atoms with E-state index in [0.717, 1.165) is 37.9 Å². The van der Waals surface area contributed by atoms with E-state index < -0.39 is 0 Å². The molecule has 0 saturated carbocycles. The van der Waals surface area contributed by atoms with Crippen LogP contribution in [-0.2, 0) is 4.79 Å². The van der Waals surface area contributed by atoms with Gasteiger partial charge in [0.1, 0.15) is 0 Å². The predicted octanol–water partition coefficient (Wildman–Crippen LogP) is 3.24. The molecule has 1 aliphatic rings. The van der Waals surface area contributed by atoms with E-state index in [2.05, 4.69) is 17.6 Å². The van der Waals surface area contributed by atoms with Gasteiger partial charge in [0.15, 0.2) is 0 Å². The Balaban J connectivity index is 1.69. The van der Waals surface area contributed by atoms with Crippen molar-refractivity contribution in [1.29, 1.82) is 0 Å². The van der Waals surface area contributed by atoms with Crippen molar-refractivity contribution in [2.75, 3.05) is 25.0 Å². The number of carbonyl (C=O) groups is 2. The Labute approximate surface area is 138 Å². The maximum Gasteiger partial charge on any atom is 0.321 e. The van der Waals surface area contributed by atoms with Crippen molar-refractivity contribution in [2.45, 2.75) is 39.0 Å². The van der Waals surface area contributed by atoms with Crippen molar-refractivity contribution in [2.24, 2.45) is 5.92 Å². The Morgan fingerprint density at radius 3 is 2.52 bits per heavy atom. The van der Waals surface area contributed by atoms with Crippen molar-refractivity contribution in [3.8, 4) is 0 Å². The van der Waals surface area contributed by atoms with E-state index in [9.17, 15) is 9.59 Å². The van der Waals surface area contributed by atoms with Gasteiger partial charge in [0.25, 0.3) is 0 Å². The second kappa shape index (κ2) is 9.18. The van der Waals surface area contributed by atoms with Crippen LogP contribution in [0.2, 0.25) is 0 Å². The maximum absolute atomic E-state index is 12.2. The molecule has 1 saturated heterocycles. The van der Waals surface area contributed by atoms with E-state index in [1.807, 2.05) is 35.2 Å². The van der Waals surface area contributed by atoms with Crippen molar-refractivity contribution >= 4 is 17.6 Å². The Morgan fingerprint density at radius 1 is 1.17 bits per heavy atom. The highest BCUT2D eigenvalue weighted by atomic mass is 16.2. The van der Waals surface area contributed by atoms with Gasteiger partial charge in [-0.2, -0.15) is 0 Å². The summed E-state index contributed by atoms with van der Waals surface area (Å²) in [7, 11) is 0. The molecule has 0 unspecified atom stereocenters. The van der Waals surface area contributed by atoms with Gasteiger partial charge in [-0.3, -0.25) is 4.79 Å². The molecule has 2 N–H and O–H groups in total. The minimum atomic E-state index is -0.0537. The summed E-state index contributed by atoms with van der Waals surface area (Å²) < 4.78 is 0. The van der Waals surface area contributed by atoms with Gasteiger partial charge in [0.2, 0.25) is 5.91 Å². The summed E-state index contributed by atoms with van der Waals surface area (Å²) in [5.41, 5.74) is 0.815. The van der Waals surface area contributed by atoms with Crippen LogP contribution < -0.4 is 10.6 Å². The fourth-order valence-corrected chi connectivity index (χ4v) is 2.80. The van der Waals surface area contributed by atoms with E-state index in [4.69, 9.17) is 0 Å². The largest absolute Gasteiger partial charge is 0.356 e. The fourth-order valence-electron chi connectivity index (χ4n) is 2.80. The first-order valence-electron chi connectivity index (χ1n) is 8.56. The third kappa shape index (κ3) is 5.93. The zero-order valence-electron chi connectivity index (χ0n) is 13.9. The lowest BCUT2D eigenvalue weighted by Crippen LogP contribution is -2.41. The molecule has 1 heterocycles. The predicted molar refractivity (Wildman–Crippen MR) is 92.3 cm³/mol. The normalized spacial score (nSPS) is 15.3. The summed E-state index contributed by atoms with van der Waals surface area (Å²) in [5, 5.41) is 5.87. The molecule has 5 nitrogen and oxygen atoms in total. The summed E-state index contributed by atoms with van der Waals surface area (Å²) in [6.07, 6.45) is 4.49. The van der Waals surface area contributed by atoms with Crippen LogP contribution in [0, 0.1) is 5.92 Å². The fraction of sp³-hybridized carbons (Fsp3) is 0.556. The molecule has 0 spiro atoms. The molecular formula is C18H27N3O2. The summed E-state index contributed by atoms with van der Waals surface area (Å²) >= 11 is 0. The molecule has 126 valence electrons. The van der Waals surface area contributed by atoms with Gasteiger partial charge in [0, 0.05) is 31.7 Å². The molecule has 0 atom stereocenters. The highest BCUT2D eigenvalue weighted by Crippen LogP contribution is 2.21. The van der Waals surface area contributed by atoms with Gasteiger partial charge in [-0.25, -0.2) is 4.79 Å². The van der Waals surface area contributed by atoms with Crippen LogP contribution in [0.25, 0.3) is 0 Å². The zero-order chi connectivity index (χ0) is 16.5. The van der Waals surface area contributed by atoms with Gasteiger partial charge in [-0.05, 0) is 37.3 Å². The van der Waals surface area contributed by atoms with Crippen molar-refractivity contribution in [3.05, 3.63) is 30.3 Å². The molecular weight excluding hydrogens is 290 g/mol. The summed E-state index contributed by atoms with van der Waals surface area (Å²) in [6, 6.07) is 9.43. The van der Waals surface area contributed by atoms with E-state index in [1.165, 1.54) is 0 Å². The lowest BCUT2D eigenvalue weighted by Gasteiger charge is -2.31. The van der Waals surface area contributed by atoms with Gasteiger partial charge in [-0.15, -0.1) is 0 Å². The third-order valence-corrected chi connectivity index (χ3v) is 4.25. The van der Waals surface area contributed by atoms with Crippen LogP contribution in [0.1, 0.15) is 39.0 Å². The number of nitrogens with zero attached hydrogens (tertiary/aromatic N) is 1. The van der Waals surface area contributed by atoms with Crippen molar-refractivity contribution in [3.63, 3.8) is 0 Å². The van der Waals surface area contributed by atoms with Crippen molar-refractivity contribution in [1.82, 2.24) is 10.2 Å². The number of unbranched alkanes of at least 4 members (excludes halogenated alkanes) is 1. The lowest BCUT2D eigenvalue weighted by atomic mass is 9.93. The molecule has 2 rings (SSSR count). The number of carbonyl (C=O) groups excluding carboxylic acids is 2. The SMILES string of the molecule is CCCCNC(=O)CC1CCN(C(=O)Nc2ccccc2)CC1. The van der Waals surface area contributed by atoms with Gasteiger partial charge >= 0.3 is 6.03 Å². The lowest BCUT2D eigenvalue weighted by molar-refractivity contribution is -0.122. The Bertz CT molecular complexity index is 496. The molecule has 0 aromatic heterocycles. The third-order valence-electron chi connectivity index (χ3n) is 4.25. The number of likely N-dealkylation sites (tertiary alicyclic amines) is 1. The van der Waals surface area contributed by atoms with Crippen LogP contribution >= 0.6 is 0 Å². The minimum Gasteiger partial charge on any atom is -0.356 e. The number of piperidine rings is 1. The number of hydrogen-bond donors (Lipinski definition) is 2. The Hall–Kier alpha value is -2.04. The first-order chi connectivity index (χ1) is 11.2. The number of anilines is 1. The Kier molecular flexibility index (Phi) is 6.91. The first kappa shape index (κ1) is 17.3. The van der Waals surface area contributed by atoms with E-state index >= 15 is 0 Å². The summed E-state index contributed by atoms with van der Waals surface area (Å²) in [5.74, 6) is 0.531. The quantitative estimate of drug-likeness (QED) is 0.791. The molecule has 1 fully saturated rings. The highest BCUT2D eigenvalue weighted by molar-refractivity contribution is 5.89. The van der Waals surface area contributed by atoms with Crippen LogP contribution in [0.5, 0.6) is 0 Å². The average Bonchev–Trinajstić information content (AvgIpc) is 2.56. The summed E-state index contributed by atoms with van der Waals surface area (Å²) in [4.78, 5) is 25.9. The van der Waals surface area contributed by atoms with Crippen LogP contribution in [-0.4, -0.2) is 36.5 Å².